The number of rotatable bonds is 4. The molecule has 0 saturated carbocycles. The van der Waals surface area contributed by atoms with Gasteiger partial charge in [-0.15, -0.1) is 0 Å². The Kier molecular flexibility index (Phi) is 5.01. The Labute approximate surface area is 121 Å². The maximum Gasteiger partial charge on any atom is 0.227 e. The van der Waals surface area contributed by atoms with Crippen LogP contribution in [0.1, 0.15) is 26.3 Å². The first-order valence-corrected chi connectivity index (χ1v) is 7.32. The first-order chi connectivity index (χ1) is 9.56. The minimum atomic E-state index is 0.147. The van der Waals surface area contributed by atoms with E-state index in [2.05, 4.69) is 12.2 Å². The summed E-state index contributed by atoms with van der Waals surface area (Å²) in [7, 11) is 0. The molecule has 1 amide bonds. The third-order valence-corrected chi connectivity index (χ3v) is 3.45. The number of carbonyl (C=O) groups excluding carboxylic acids is 1. The van der Waals surface area contributed by atoms with Crippen molar-refractivity contribution in [1.82, 2.24) is 10.2 Å². The van der Waals surface area contributed by atoms with Crippen molar-refractivity contribution < 1.29 is 9.53 Å². The van der Waals surface area contributed by atoms with Gasteiger partial charge >= 0.3 is 0 Å². The average molecular weight is 276 g/mol. The standard InChI is InChI=1S/C16H24N2O2/c1-12(2)20-15-6-4-5-14(9-15)10-16(19)18-8-7-17-11-13(18)3/h4-6,9,12-13,17H,7-8,10-11H2,1-3H3. The number of hydrogen-bond acceptors (Lipinski definition) is 3. The molecule has 0 aromatic heterocycles. The van der Waals surface area contributed by atoms with E-state index in [0.717, 1.165) is 30.9 Å². The van der Waals surface area contributed by atoms with Gasteiger partial charge in [0.2, 0.25) is 5.91 Å². The van der Waals surface area contributed by atoms with Crippen LogP contribution in [0, 0.1) is 0 Å². The first-order valence-electron chi connectivity index (χ1n) is 7.32. The monoisotopic (exact) mass is 276 g/mol. The highest BCUT2D eigenvalue weighted by molar-refractivity contribution is 5.79. The third kappa shape index (κ3) is 3.97. The molecule has 0 radical (unpaired) electrons. The lowest BCUT2D eigenvalue weighted by Crippen LogP contribution is -2.52. The second-order valence-electron chi connectivity index (χ2n) is 5.63. The number of ether oxygens (including phenoxy) is 1. The number of amides is 1. The van der Waals surface area contributed by atoms with Gasteiger partial charge in [0, 0.05) is 25.7 Å². The van der Waals surface area contributed by atoms with E-state index in [1.54, 1.807) is 0 Å². The van der Waals surface area contributed by atoms with Gasteiger partial charge in [0.05, 0.1) is 12.5 Å². The van der Waals surface area contributed by atoms with Crippen molar-refractivity contribution in [2.75, 3.05) is 19.6 Å². The molecule has 1 saturated heterocycles. The molecule has 0 spiro atoms. The van der Waals surface area contributed by atoms with Crippen molar-refractivity contribution in [3.8, 4) is 5.75 Å². The van der Waals surface area contributed by atoms with Gasteiger partial charge in [-0.3, -0.25) is 4.79 Å². The minimum absolute atomic E-state index is 0.147. The Morgan fingerprint density at radius 2 is 2.30 bits per heavy atom. The van der Waals surface area contributed by atoms with Gasteiger partial charge in [-0.1, -0.05) is 12.1 Å². The second kappa shape index (κ2) is 6.75. The van der Waals surface area contributed by atoms with Crippen LogP contribution < -0.4 is 10.1 Å². The molecule has 1 atom stereocenters. The molecular formula is C16H24N2O2. The summed E-state index contributed by atoms with van der Waals surface area (Å²) in [5, 5.41) is 3.30. The molecular weight excluding hydrogens is 252 g/mol. The van der Waals surface area contributed by atoms with Crippen LogP contribution in [0.4, 0.5) is 0 Å². The summed E-state index contributed by atoms with van der Waals surface area (Å²) in [4.78, 5) is 14.3. The van der Waals surface area contributed by atoms with Gasteiger partial charge in [0.1, 0.15) is 5.75 Å². The molecule has 0 aliphatic carbocycles. The van der Waals surface area contributed by atoms with Crippen LogP contribution >= 0.6 is 0 Å². The minimum Gasteiger partial charge on any atom is -0.491 e. The summed E-state index contributed by atoms with van der Waals surface area (Å²) < 4.78 is 5.67. The summed E-state index contributed by atoms with van der Waals surface area (Å²) in [6.07, 6.45) is 0.591. The Hall–Kier alpha value is -1.55. The summed E-state index contributed by atoms with van der Waals surface area (Å²) in [5.74, 6) is 1.03. The van der Waals surface area contributed by atoms with E-state index >= 15 is 0 Å². The van der Waals surface area contributed by atoms with E-state index < -0.39 is 0 Å². The molecule has 1 aromatic rings. The highest BCUT2D eigenvalue weighted by Gasteiger charge is 2.22. The normalized spacial score (nSPS) is 19.2. The van der Waals surface area contributed by atoms with E-state index in [1.165, 1.54) is 0 Å². The first kappa shape index (κ1) is 14.9. The number of nitrogens with zero attached hydrogens (tertiary/aromatic N) is 1. The summed E-state index contributed by atoms with van der Waals surface area (Å²) >= 11 is 0. The third-order valence-electron chi connectivity index (χ3n) is 3.45. The molecule has 4 nitrogen and oxygen atoms in total. The van der Waals surface area contributed by atoms with Crippen molar-refractivity contribution in [3.05, 3.63) is 29.8 Å². The Morgan fingerprint density at radius 3 is 3.00 bits per heavy atom. The van der Waals surface area contributed by atoms with Gasteiger partial charge in [-0.25, -0.2) is 0 Å². The maximum absolute atomic E-state index is 12.4. The van der Waals surface area contributed by atoms with E-state index in [-0.39, 0.29) is 18.1 Å². The topological polar surface area (TPSA) is 41.6 Å². The number of piperazine rings is 1. The second-order valence-corrected chi connectivity index (χ2v) is 5.63. The smallest absolute Gasteiger partial charge is 0.227 e. The predicted molar refractivity (Wildman–Crippen MR) is 80.0 cm³/mol. The highest BCUT2D eigenvalue weighted by Crippen LogP contribution is 2.16. The SMILES string of the molecule is CC(C)Oc1cccc(CC(=O)N2CCNCC2C)c1. The van der Waals surface area contributed by atoms with Gasteiger partial charge in [-0.2, -0.15) is 0 Å². The van der Waals surface area contributed by atoms with Gasteiger partial charge in [0.15, 0.2) is 0 Å². The van der Waals surface area contributed by atoms with Crippen LogP contribution in [0.2, 0.25) is 0 Å². The molecule has 4 heteroatoms. The van der Waals surface area contributed by atoms with Crippen LogP contribution in [-0.2, 0) is 11.2 Å². The zero-order valence-corrected chi connectivity index (χ0v) is 12.6. The number of hydrogen-bond donors (Lipinski definition) is 1. The lowest BCUT2D eigenvalue weighted by molar-refractivity contribution is -0.133. The molecule has 2 rings (SSSR count). The summed E-state index contributed by atoms with van der Waals surface area (Å²) in [5.41, 5.74) is 1.01. The average Bonchev–Trinajstić information content (AvgIpc) is 2.38. The van der Waals surface area contributed by atoms with E-state index in [9.17, 15) is 4.79 Å². The fraction of sp³-hybridized carbons (Fsp3) is 0.562. The van der Waals surface area contributed by atoms with Crippen LogP contribution in [0.3, 0.4) is 0 Å². The van der Waals surface area contributed by atoms with E-state index in [1.807, 2.05) is 43.0 Å². The van der Waals surface area contributed by atoms with Crippen LogP contribution in [0.5, 0.6) is 5.75 Å². The molecule has 1 heterocycles. The molecule has 1 fully saturated rings. The van der Waals surface area contributed by atoms with E-state index in [0.29, 0.717) is 6.42 Å². The van der Waals surface area contributed by atoms with E-state index in [4.69, 9.17) is 4.74 Å². The zero-order chi connectivity index (χ0) is 14.5. The highest BCUT2D eigenvalue weighted by atomic mass is 16.5. The van der Waals surface area contributed by atoms with Crippen molar-refractivity contribution in [2.24, 2.45) is 0 Å². The Bertz CT molecular complexity index is 460. The Morgan fingerprint density at radius 1 is 1.50 bits per heavy atom. The van der Waals surface area contributed by atoms with Crippen LogP contribution in [0.15, 0.2) is 24.3 Å². The van der Waals surface area contributed by atoms with Crippen molar-refractivity contribution in [2.45, 2.75) is 39.3 Å². The number of nitrogens with one attached hydrogen (secondary N) is 1. The summed E-state index contributed by atoms with van der Waals surface area (Å²) in [6, 6.07) is 8.09. The zero-order valence-electron chi connectivity index (χ0n) is 12.6. The molecule has 110 valence electrons. The van der Waals surface area contributed by atoms with Crippen molar-refractivity contribution in [3.63, 3.8) is 0 Å². The molecule has 1 aromatic carbocycles. The van der Waals surface area contributed by atoms with Crippen LogP contribution in [0.25, 0.3) is 0 Å². The molecule has 0 bridgehead atoms. The molecule has 1 aliphatic heterocycles. The molecule has 1 N–H and O–H groups in total. The number of carbonyl (C=O) groups is 1. The maximum atomic E-state index is 12.4. The largest absolute Gasteiger partial charge is 0.491 e. The molecule has 20 heavy (non-hydrogen) atoms. The summed E-state index contributed by atoms with van der Waals surface area (Å²) in [6.45, 7) is 8.64. The van der Waals surface area contributed by atoms with Gasteiger partial charge < -0.3 is 15.0 Å². The van der Waals surface area contributed by atoms with Crippen LogP contribution in [-0.4, -0.2) is 42.6 Å². The Balaban J connectivity index is 2.00. The van der Waals surface area contributed by atoms with Gasteiger partial charge in [0.25, 0.3) is 0 Å². The molecule has 1 unspecified atom stereocenters. The van der Waals surface area contributed by atoms with Crippen molar-refractivity contribution >= 4 is 5.91 Å². The quantitative estimate of drug-likeness (QED) is 0.912. The van der Waals surface area contributed by atoms with Crippen molar-refractivity contribution in [1.29, 1.82) is 0 Å². The van der Waals surface area contributed by atoms with Gasteiger partial charge in [-0.05, 0) is 38.5 Å². The predicted octanol–water partition coefficient (Wildman–Crippen LogP) is 1.84. The number of benzene rings is 1. The lowest BCUT2D eigenvalue weighted by atomic mass is 10.1. The fourth-order valence-corrected chi connectivity index (χ4v) is 2.49. The lowest BCUT2D eigenvalue weighted by Gasteiger charge is -2.34. The fourth-order valence-electron chi connectivity index (χ4n) is 2.49. The molecule has 1 aliphatic rings.